The summed E-state index contributed by atoms with van der Waals surface area (Å²) >= 11 is 0. The minimum absolute atomic E-state index is 0.0498. The van der Waals surface area contributed by atoms with E-state index in [1.165, 1.54) is 6.07 Å². The van der Waals surface area contributed by atoms with Crippen molar-refractivity contribution < 1.29 is 4.92 Å². The van der Waals surface area contributed by atoms with Crippen LogP contribution in [-0.4, -0.2) is 9.91 Å². The summed E-state index contributed by atoms with van der Waals surface area (Å²) in [4.78, 5) is 13.9. The number of nitro benzene ring substituents is 1. The van der Waals surface area contributed by atoms with E-state index in [4.69, 9.17) is 0 Å². The van der Waals surface area contributed by atoms with Crippen molar-refractivity contribution >= 4 is 16.6 Å². The molecule has 1 aromatic carbocycles. The molecule has 0 aliphatic heterocycles. The number of aromatic nitrogens is 1. The van der Waals surface area contributed by atoms with Crippen LogP contribution in [0.2, 0.25) is 0 Å². The predicted octanol–water partition coefficient (Wildman–Crippen LogP) is 1.94. The SMILES string of the molecule is O=[N+]([O-])c1[c]c2ncccc2cc1. The Morgan fingerprint density at radius 3 is 3.00 bits per heavy atom. The van der Waals surface area contributed by atoms with Gasteiger partial charge in [-0.3, -0.25) is 15.1 Å². The number of benzene rings is 1. The van der Waals surface area contributed by atoms with Gasteiger partial charge in [-0.15, -0.1) is 0 Å². The Morgan fingerprint density at radius 1 is 1.38 bits per heavy atom. The van der Waals surface area contributed by atoms with Gasteiger partial charge in [0.15, 0.2) is 0 Å². The zero-order valence-corrected chi connectivity index (χ0v) is 6.60. The lowest BCUT2D eigenvalue weighted by Gasteiger charge is -1.94. The number of rotatable bonds is 1. The van der Waals surface area contributed by atoms with Gasteiger partial charge in [0.2, 0.25) is 0 Å². The quantitative estimate of drug-likeness (QED) is 0.489. The molecule has 0 saturated heterocycles. The van der Waals surface area contributed by atoms with Crippen molar-refractivity contribution in [1.29, 1.82) is 0 Å². The van der Waals surface area contributed by atoms with Gasteiger partial charge in [-0.25, -0.2) is 0 Å². The van der Waals surface area contributed by atoms with Crippen LogP contribution in [0.3, 0.4) is 0 Å². The van der Waals surface area contributed by atoms with Crippen LogP contribution in [0, 0.1) is 16.2 Å². The highest BCUT2D eigenvalue weighted by Crippen LogP contribution is 2.17. The van der Waals surface area contributed by atoms with Crippen LogP contribution in [0.4, 0.5) is 5.69 Å². The van der Waals surface area contributed by atoms with E-state index in [0.29, 0.717) is 5.52 Å². The molecular weight excluding hydrogens is 168 g/mol. The molecule has 0 aliphatic carbocycles. The molecule has 0 amide bonds. The second-order valence-electron chi connectivity index (χ2n) is 2.54. The first-order valence-corrected chi connectivity index (χ1v) is 3.69. The summed E-state index contributed by atoms with van der Waals surface area (Å²) in [5.74, 6) is 0. The van der Waals surface area contributed by atoms with E-state index in [0.717, 1.165) is 5.39 Å². The van der Waals surface area contributed by atoms with Crippen LogP contribution in [0.15, 0.2) is 30.5 Å². The van der Waals surface area contributed by atoms with Crippen molar-refractivity contribution in [2.75, 3.05) is 0 Å². The molecule has 63 valence electrons. The third kappa shape index (κ3) is 1.33. The molecule has 0 spiro atoms. The van der Waals surface area contributed by atoms with Gasteiger partial charge in [-0.2, -0.15) is 0 Å². The van der Waals surface area contributed by atoms with E-state index in [2.05, 4.69) is 11.1 Å². The van der Waals surface area contributed by atoms with Crippen LogP contribution in [0.25, 0.3) is 10.9 Å². The summed E-state index contributed by atoms with van der Waals surface area (Å²) in [6, 6.07) is 9.32. The van der Waals surface area contributed by atoms with Crippen molar-refractivity contribution in [3.05, 3.63) is 46.6 Å². The number of hydrogen-bond acceptors (Lipinski definition) is 3. The largest absolute Gasteiger partial charge is 0.279 e. The Morgan fingerprint density at radius 2 is 2.23 bits per heavy atom. The lowest BCUT2D eigenvalue weighted by Crippen LogP contribution is -1.88. The van der Waals surface area contributed by atoms with Crippen LogP contribution >= 0.6 is 0 Å². The molecule has 0 N–H and O–H groups in total. The van der Waals surface area contributed by atoms with Crippen molar-refractivity contribution in [1.82, 2.24) is 4.98 Å². The first-order valence-electron chi connectivity index (χ1n) is 3.69. The van der Waals surface area contributed by atoms with Gasteiger partial charge in [0.1, 0.15) is 0 Å². The summed E-state index contributed by atoms with van der Waals surface area (Å²) < 4.78 is 0. The lowest BCUT2D eigenvalue weighted by atomic mass is 10.2. The van der Waals surface area contributed by atoms with E-state index in [9.17, 15) is 10.1 Å². The highest BCUT2D eigenvalue weighted by Gasteiger charge is 2.06. The molecule has 4 nitrogen and oxygen atoms in total. The number of nitrogens with zero attached hydrogens (tertiary/aromatic N) is 2. The molecule has 1 aromatic heterocycles. The van der Waals surface area contributed by atoms with E-state index in [-0.39, 0.29) is 5.69 Å². The fourth-order valence-corrected chi connectivity index (χ4v) is 1.09. The molecule has 4 heteroatoms. The Kier molecular flexibility index (Phi) is 1.66. The third-order valence-electron chi connectivity index (χ3n) is 1.70. The Labute approximate surface area is 74.0 Å². The van der Waals surface area contributed by atoms with Gasteiger partial charge in [-0.05, 0) is 12.1 Å². The standard InChI is InChI=1S/C9H5N2O2/c12-11(13)8-4-3-7-2-1-5-10-9(7)6-8/h1-5H. The Hall–Kier alpha value is -1.97. The minimum Gasteiger partial charge on any atom is -0.258 e. The summed E-state index contributed by atoms with van der Waals surface area (Å²) in [7, 11) is 0. The van der Waals surface area contributed by atoms with Crippen LogP contribution < -0.4 is 0 Å². The number of non-ortho nitro benzene ring substituents is 1. The molecule has 2 rings (SSSR count). The zero-order chi connectivity index (χ0) is 9.26. The number of nitro groups is 1. The summed E-state index contributed by atoms with van der Waals surface area (Å²) in [5.41, 5.74) is 0.475. The molecule has 13 heavy (non-hydrogen) atoms. The van der Waals surface area contributed by atoms with Gasteiger partial charge >= 0.3 is 0 Å². The van der Waals surface area contributed by atoms with Crippen LogP contribution in [0.1, 0.15) is 0 Å². The topological polar surface area (TPSA) is 56.0 Å². The highest BCUT2D eigenvalue weighted by molar-refractivity contribution is 5.79. The van der Waals surface area contributed by atoms with Gasteiger partial charge in [0, 0.05) is 17.6 Å². The predicted molar refractivity (Wildman–Crippen MR) is 47.2 cm³/mol. The fourth-order valence-electron chi connectivity index (χ4n) is 1.09. The maximum Gasteiger partial charge on any atom is 0.279 e. The summed E-state index contributed by atoms with van der Waals surface area (Å²) in [5, 5.41) is 11.2. The fraction of sp³-hybridized carbons (Fsp3) is 0. The van der Waals surface area contributed by atoms with Crippen molar-refractivity contribution in [3.8, 4) is 0 Å². The second-order valence-corrected chi connectivity index (χ2v) is 2.54. The normalized spacial score (nSPS) is 10.2. The van der Waals surface area contributed by atoms with Crippen LogP contribution in [-0.2, 0) is 0 Å². The molecule has 0 fully saturated rings. The molecule has 0 unspecified atom stereocenters. The van der Waals surface area contributed by atoms with Gasteiger partial charge < -0.3 is 0 Å². The van der Waals surface area contributed by atoms with E-state index in [1.807, 2.05) is 6.07 Å². The smallest absolute Gasteiger partial charge is 0.258 e. The Balaban J connectivity index is 2.69. The van der Waals surface area contributed by atoms with E-state index >= 15 is 0 Å². The molecule has 0 atom stereocenters. The van der Waals surface area contributed by atoms with Crippen molar-refractivity contribution in [2.24, 2.45) is 0 Å². The molecule has 0 aliphatic rings. The second kappa shape index (κ2) is 2.82. The van der Waals surface area contributed by atoms with Crippen LogP contribution in [0.5, 0.6) is 0 Å². The zero-order valence-electron chi connectivity index (χ0n) is 6.60. The summed E-state index contributed by atoms with van der Waals surface area (Å²) in [6.45, 7) is 0. The monoisotopic (exact) mass is 173 g/mol. The average Bonchev–Trinajstić information content (AvgIpc) is 2.17. The molecule has 1 heterocycles. The molecule has 0 bridgehead atoms. The lowest BCUT2D eigenvalue weighted by molar-refractivity contribution is -0.385. The number of fused-ring (bicyclic) bond motifs is 1. The maximum absolute atomic E-state index is 10.4. The third-order valence-corrected chi connectivity index (χ3v) is 1.70. The maximum atomic E-state index is 10.4. The van der Waals surface area contributed by atoms with Gasteiger partial charge in [0.25, 0.3) is 5.69 Å². The van der Waals surface area contributed by atoms with Gasteiger partial charge in [0.05, 0.1) is 16.5 Å². The molecular formula is C9H5N2O2. The first-order chi connectivity index (χ1) is 6.27. The van der Waals surface area contributed by atoms with Crippen molar-refractivity contribution in [3.63, 3.8) is 0 Å². The highest BCUT2D eigenvalue weighted by atomic mass is 16.6. The van der Waals surface area contributed by atoms with Crippen molar-refractivity contribution in [2.45, 2.75) is 0 Å². The minimum atomic E-state index is -0.478. The molecule has 2 aromatic rings. The van der Waals surface area contributed by atoms with E-state index in [1.54, 1.807) is 18.3 Å². The summed E-state index contributed by atoms with van der Waals surface area (Å²) in [6.07, 6.45) is 1.59. The molecule has 1 radical (unpaired) electrons. The molecule has 0 saturated carbocycles. The number of pyridine rings is 1. The van der Waals surface area contributed by atoms with E-state index < -0.39 is 4.92 Å². The van der Waals surface area contributed by atoms with Gasteiger partial charge in [-0.1, -0.05) is 6.07 Å². The Bertz CT molecular complexity index is 468. The average molecular weight is 173 g/mol. The number of hydrogen-bond donors (Lipinski definition) is 0. The first kappa shape index (κ1) is 7.67.